The predicted octanol–water partition coefficient (Wildman–Crippen LogP) is 3.82. The molecule has 0 aromatic rings. The molecule has 2 saturated carbocycles. The molecule has 1 heteroatoms. The van der Waals surface area contributed by atoms with Crippen molar-refractivity contribution in [2.75, 3.05) is 0 Å². The van der Waals surface area contributed by atoms with Crippen LogP contribution in [0, 0.1) is 29.6 Å². The van der Waals surface area contributed by atoms with Crippen LogP contribution >= 0.6 is 0 Å². The molecule has 2 N–H and O–H groups in total. The average Bonchev–Trinajstić information content (AvgIpc) is 2.26. The van der Waals surface area contributed by atoms with Crippen LogP contribution in [0.2, 0.25) is 0 Å². The average molecular weight is 223 g/mol. The summed E-state index contributed by atoms with van der Waals surface area (Å²) in [5.41, 5.74) is 6.35. The first-order chi connectivity index (χ1) is 7.58. The minimum atomic E-state index is 0.502. The first kappa shape index (κ1) is 12.4. The highest BCUT2D eigenvalue weighted by molar-refractivity contribution is 4.88. The van der Waals surface area contributed by atoms with Crippen LogP contribution in [0.25, 0.3) is 0 Å². The summed E-state index contributed by atoms with van der Waals surface area (Å²) in [7, 11) is 0. The minimum Gasteiger partial charge on any atom is -0.327 e. The summed E-state index contributed by atoms with van der Waals surface area (Å²) in [6.07, 6.45) is 8.34. The Labute approximate surface area is 101 Å². The summed E-state index contributed by atoms with van der Waals surface area (Å²) < 4.78 is 0. The molecule has 0 spiro atoms. The fourth-order valence-electron chi connectivity index (χ4n) is 3.97. The number of nitrogens with two attached hydrogens (primary N) is 1. The Balaban J connectivity index is 1.95. The first-order valence-electron chi connectivity index (χ1n) is 7.33. The van der Waals surface area contributed by atoms with E-state index in [-0.39, 0.29) is 0 Å². The maximum Gasteiger partial charge on any atom is 0.00700 e. The lowest BCUT2D eigenvalue weighted by Gasteiger charge is -2.42. The van der Waals surface area contributed by atoms with Crippen molar-refractivity contribution in [3.63, 3.8) is 0 Å². The van der Waals surface area contributed by atoms with Gasteiger partial charge in [0.2, 0.25) is 0 Å². The Kier molecular flexibility index (Phi) is 3.94. The zero-order valence-corrected chi connectivity index (χ0v) is 11.3. The minimum absolute atomic E-state index is 0.502. The standard InChI is InChI=1S/C15H29N/c1-10-4-7-15(16)14(8-10)13-6-5-11(2)12(3)9-13/h10-15H,4-9,16H2,1-3H3. The number of hydrogen-bond acceptors (Lipinski definition) is 1. The summed E-state index contributed by atoms with van der Waals surface area (Å²) >= 11 is 0. The number of hydrogen-bond donors (Lipinski definition) is 1. The molecule has 2 fully saturated rings. The second-order valence-electron chi connectivity index (χ2n) is 6.77. The largest absolute Gasteiger partial charge is 0.327 e. The molecule has 0 amide bonds. The Morgan fingerprint density at radius 2 is 1.56 bits per heavy atom. The van der Waals surface area contributed by atoms with Gasteiger partial charge in [-0.05, 0) is 61.7 Å². The maximum atomic E-state index is 6.35. The fourth-order valence-corrected chi connectivity index (χ4v) is 3.97. The molecule has 0 saturated heterocycles. The molecule has 2 aliphatic rings. The molecule has 0 bridgehead atoms. The van der Waals surface area contributed by atoms with E-state index < -0.39 is 0 Å². The van der Waals surface area contributed by atoms with Gasteiger partial charge in [0.15, 0.2) is 0 Å². The second-order valence-corrected chi connectivity index (χ2v) is 6.77. The third kappa shape index (κ3) is 2.61. The SMILES string of the molecule is CC1CCC(N)C(C2CCC(C)C(C)C2)C1. The van der Waals surface area contributed by atoms with Crippen LogP contribution in [0.3, 0.4) is 0 Å². The molecule has 6 atom stereocenters. The summed E-state index contributed by atoms with van der Waals surface area (Å²) in [4.78, 5) is 0. The van der Waals surface area contributed by atoms with Crippen LogP contribution in [0.15, 0.2) is 0 Å². The van der Waals surface area contributed by atoms with E-state index in [0.717, 1.165) is 29.6 Å². The Bertz CT molecular complexity index is 225. The molecule has 0 radical (unpaired) electrons. The molecule has 0 aromatic heterocycles. The van der Waals surface area contributed by atoms with Crippen LogP contribution < -0.4 is 5.73 Å². The van der Waals surface area contributed by atoms with Crippen molar-refractivity contribution < 1.29 is 0 Å². The topological polar surface area (TPSA) is 26.0 Å². The molecule has 0 aliphatic heterocycles. The third-order valence-electron chi connectivity index (χ3n) is 5.46. The van der Waals surface area contributed by atoms with E-state index in [1.54, 1.807) is 0 Å². The van der Waals surface area contributed by atoms with Crippen molar-refractivity contribution in [3.05, 3.63) is 0 Å². The lowest BCUT2D eigenvalue weighted by molar-refractivity contribution is 0.100. The van der Waals surface area contributed by atoms with Gasteiger partial charge in [-0.1, -0.05) is 27.2 Å². The van der Waals surface area contributed by atoms with Crippen molar-refractivity contribution >= 4 is 0 Å². The van der Waals surface area contributed by atoms with Crippen molar-refractivity contribution in [1.29, 1.82) is 0 Å². The van der Waals surface area contributed by atoms with Gasteiger partial charge >= 0.3 is 0 Å². The second kappa shape index (κ2) is 5.08. The van der Waals surface area contributed by atoms with Gasteiger partial charge in [-0.3, -0.25) is 0 Å². The molecule has 0 heterocycles. The van der Waals surface area contributed by atoms with Crippen LogP contribution in [-0.4, -0.2) is 6.04 Å². The molecule has 2 rings (SSSR count). The van der Waals surface area contributed by atoms with Crippen LogP contribution in [-0.2, 0) is 0 Å². The summed E-state index contributed by atoms with van der Waals surface area (Å²) in [6, 6.07) is 0.502. The van der Waals surface area contributed by atoms with Gasteiger partial charge in [0.25, 0.3) is 0 Å². The fraction of sp³-hybridized carbons (Fsp3) is 1.00. The van der Waals surface area contributed by atoms with E-state index >= 15 is 0 Å². The van der Waals surface area contributed by atoms with Gasteiger partial charge in [0.1, 0.15) is 0 Å². The Hall–Kier alpha value is -0.0400. The summed E-state index contributed by atoms with van der Waals surface area (Å²) in [6.45, 7) is 7.27. The molecular weight excluding hydrogens is 194 g/mol. The van der Waals surface area contributed by atoms with E-state index in [2.05, 4.69) is 20.8 Å². The Morgan fingerprint density at radius 1 is 0.812 bits per heavy atom. The molecule has 94 valence electrons. The summed E-state index contributed by atoms with van der Waals surface area (Å²) in [5, 5.41) is 0. The molecule has 1 nitrogen and oxygen atoms in total. The van der Waals surface area contributed by atoms with Gasteiger partial charge in [-0.25, -0.2) is 0 Å². The van der Waals surface area contributed by atoms with Gasteiger partial charge in [-0.15, -0.1) is 0 Å². The quantitative estimate of drug-likeness (QED) is 0.718. The third-order valence-corrected chi connectivity index (χ3v) is 5.46. The molecule has 16 heavy (non-hydrogen) atoms. The van der Waals surface area contributed by atoms with Gasteiger partial charge < -0.3 is 5.73 Å². The zero-order valence-electron chi connectivity index (χ0n) is 11.3. The lowest BCUT2D eigenvalue weighted by atomic mass is 9.65. The molecular formula is C15H29N. The molecule has 6 unspecified atom stereocenters. The van der Waals surface area contributed by atoms with Gasteiger partial charge in [0, 0.05) is 6.04 Å². The van der Waals surface area contributed by atoms with E-state index in [4.69, 9.17) is 5.73 Å². The van der Waals surface area contributed by atoms with Crippen molar-refractivity contribution in [1.82, 2.24) is 0 Å². The lowest BCUT2D eigenvalue weighted by Crippen LogP contribution is -2.41. The maximum absolute atomic E-state index is 6.35. The highest BCUT2D eigenvalue weighted by Crippen LogP contribution is 2.42. The monoisotopic (exact) mass is 223 g/mol. The van der Waals surface area contributed by atoms with E-state index in [1.807, 2.05) is 0 Å². The molecule has 2 aliphatic carbocycles. The zero-order chi connectivity index (χ0) is 11.7. The van der Waals surface area contributed by atoms with Crippen molar-refractivity contribution in [3.8, 4) is 0 Å². The van der Waals surface area contributed by atoms with Gasteiger partial charge in [-0.2, -0.15) is 0 Å². The van der Waals surface area contributed by atoms with Crippen LogP contribution in [0.5, 0.6) is 0 Å². The number of rotatable bonds is 1. The van der Waals surface area contributed by atoms with E-state index in [1.165, 1.54) is 38.5 Å². The predicted molar refractivity (Wildman–Crippen MR) is 70.1 cm³/mol. The molecule has 0 aromatic carbocycles. The van der Waals surface area contributed by atoms with Crippen molar-refractivity contribution in [2.45, 2.75) is 65.3 Å². The highest BCUT2D eigenvalue weighted by atomic mass is 14.7. The normalized spacial score (nSPS) is 50.2. The van der Waals surface area contributed by atoms with E-state index in [9.17, 15) is 0 Å². The van der Waals surface area contributed by atoms with Crippen LogP contribution in [0.1, 0.15) is 59.3 Å². The highest BCUT2D eigenvalue weighted by Gasteiger charge is 2.35. The summed E-state index contributed by atoms with van der Waals surface area (Å²) in [5.74, 6) is 4.54. The Morgan fingerprint density at radius 3 is 2.25 bits per heavy atom. The van der Waals surface area contributed by atoms with Crippen molar-refractivity contribution in [2.24, 2.45) is 35.3 Å². The first-order valence-corrected chi connectivity index (χ1v) is 7.33. The van der Waals surface area contributed by atoms with Crippen LogP contribution in [0.4, 0.5) is 0 Å². The smallest absolute Gasteiger partial charge is 0.00700 e. The van der Waals surface area contributed by atoms with Gasteiger partial charge in [0.05, 0.1) is 0 Å². The van der Waals surface area contributed by atoms with E-state index in [0.29, 0.717) is 6.04 Å².